The highest BCUT2D eigenvalue weighted by molar-refractivity contribution is 5.93. The first kappa shape index (κ1) is 14.6. The SMILES string of the molecule is C=Cc1c(CC)n(-c2ccc(F)c(C)c2)c2ccc(C)cc12. The molecule has 0 fully saturated rings. The van der Waals surface area contributed by atoms with Gasteiger partial charge in [0.25, 0.3) is 0 Å². The highest BCUT2D eigenvalue weighted by Crippen LogP contribution is 2.32. The van der Waals surface area contributed by atoms with Crippen molar-refractivity contribution in [2.45, 2.75) is 27.2 Å². The molecule has 0 aliphatic heterocycles. The highest BCUT2D eigenvalue weighted by atomic mass is 19.1. The summed E-state index contributed by atoms with van der Waals surface area (Å²) in [6.45, 7) is 10.0. The van der Waals surface area contributed by atoms with Crippen molar-refractivity contribution in [2.75, 3.05) is 0 Å². The zero-order chi connectivity index (χ0) is 15.9. The second-order valence-electron chi connectivity index (χ2n) is 5.71. The summed E-state index contributed by atoms with van der Waals surface area (Å²) in [5.41, 5.74) is 6.41. The maximum Gasteiger partial charge on any atom is 0.126 e. The molecule has 1 aromatic heterocycles. The Balaban J connectivity index is 2.41. The summed E-state index contributed by atoms with van der Waals surface area (Å²) in [6.07, 6.45) is 2.82. The maximum absolute atomic E-state index is 13.6. The Hall–Kier alpha value is -2.35. The van der Waals surface area contributed by atoms with E-state index in [0.717, 1.165) is 17.6 Å². The van der Waals surface area contributed by atoms with Gasteiger partial charge in [-0.15, -0.1) is 0 Å². The third-order valence-electron chi connectivity index (χ3n) is 4.20. The topological polar surface area (TPSA) is 4.93 Å². The predicted molar refractivity (Wildman–Crippen MR) is 92.2 cm³/mol. The van der Waals surface area contributed by atoms with Gasteiger partial charge in [-0.05, 0) is 56.2 Å². The molecule has 1 heterocycles. The number of fused-ring (bicyclic) bond motifs is 1. The van der Waals surface area contributed by atoms with E-state index in [9.17, 15) is 4.39 Å². The lowest BCUT2D eigenvalue weighted by Crippen LogP contribution is -2.01. The number of nitrogens with zero attached hydrogens (tertiary/aromatic N) is 1. The van der Waals surface area contributed by atoms with Crippen LogP contribution >= 0.6 is 0 Å². The Bertz CT molecular complexity index is 871. The Labute approximate surface area is 130 Å². The summed E-state index contributed by atoms with van der Waals surface area (Å²) < 4.78 is 15.8. The molecule has 0 spiro atoms. The van der Waals surface area contributed by atoms with Crippen molar-refractivity contribution in [3.05, 3.63) is 71.2 Å². The Morgan fingerprint density at radius 2 is 1.91 bits per heavy atom. The third kappa shape index (κ3) is 2.16. The maximum atomic E-state index is 13.6. The Kier molecular flexibility index (Phi) is 3.61. The minimum atomic E-state index is -0.168. The minimum Gasteiger partial charge on any atom is -0.313 e. The standard InChI is InChI=1S/C20H20FN/c1-5-16-17-11-13(3)7-10-20(17)22(19(16)6-2)15-8-9-18(21)14(4)12-15/h5,7-12H,1,6H2,2-4H3. The summed E-state index contributed by atoms with van der Waals surface area (Å²) in [5, 5.41) is 1.20. The van der Waals surface area contributed by atoms with Gasteiger partial charge in [0.05, 0.1) is 5.52 Å². The lowest BCUT2D eigenvalue weighted by atomic mass is 10.1. The van der Waals surface area contributed by atoms with E-state index >= 15 is 0 Å². The van der Waals surface area contributed by atoms with E-state index in [1.165, 1.54) is 28.3 Å². The number of hydrogen-bond donors (Lipinski definition) is 0. The van der Waals surface area contributed by atoms with Crippen LogP contribution in [-0.4, -0.2) is 4.57 Å². The molecule has 0 bridgehead atoms. The molecule has 2 heteroatoms. The monoisotopic (exact) mass is 293 g/mol. The van der Waals surface area contributed by atoms with Gasteiger partial charge < -0.3 is 4.57 Å². The van der Waals surface area contributed by atoms with Crippen LogP contribution in [0, 0.1) is 19.7 Å². The van der Waals surface area contributed by atoms with Gasteiger partial charge >= 0.3 is 0 Å². The predicted octanol–water partition coefficient (Wildman–Crippen LogP) is 5.59. The van der Waals surface area contributed by atoms with E-state index < -0.39 is 0 Å². The van der Waals surface area contributed by atoms with Crippen molar-refractivity contribution in [3.63, 3.8) is 0 Å². The van der Waals surface area contributed by atoms with Crippen molar-refractivity contribution in [1.29, 1.82) is 0 Å². The van der Waals surface area contributed by atoms with Crippen LogP contribution in [0.25, 0.3) is 22.7 Å². The molecule has 0 unspecified atom stereocenters. The van der Waals surface area contributed by atoms with Gasteiger partial charge in [0.2, 0.25) is 0 Å². The molecule has 3 aromatic rings. The summed E-state index contributed by atoms with van der Waals surface area (Å²) in [7, 11) is 0. The average Bonchev–Trinajstić information content (AvgIpc) is 2.82. The molecule has 0 amide bonds. The molecule has 112 valence electrons. The molecule has 2 aromatic carbocycles. The number of benzene rings is 2. The Morgan fingerprint density at radius 3 is 2.55 bits per heavy atom. The lowest BCUT2D eigenvalue weighted by Gasteiger charge is -2.11. The molecular formula is C20H20FN. The van der Waals surface area contributed by atoms with Crippen LogP contribution in [0.4, 0.5) is 4.39 Å². The van der Waals surface area contributed by atoms with E-state index in [4.69, 9.17) is 0 Å². The number of hydrogen-bond acceptors (Lipinski definition) is 0. The highest BCUT2D eigenvalue weighted by Gasteiger charge is 2.15. The van der Waals surface area contributed by atoms with Crippen molar-refractivity contribution in [1.82, 2.24) is 4.57 Å². The van der Waals surface area contributed by atoms with E-state index in [1.54, 1.807) is 6.92 Å². The van der Waals surface area contributed by atoms with Crippen LogP contribution in [0.15, 0.2) is 43.0 Å². The molecule has 0 N–H and O–H groups in total. The average molecular weight is 293 g/mol. The second-order valence-corrected chi connectivity index (χ2v) is 5.71. The number of aromatic nitrogens is 1. The van der Waals surface area contributed by atoms with Crippen molar-refractivity contribution in [2.24, 2.45) is 0 Å². The van der Waals surface area contributed by atoms with E-state index in [1.807, 2.05) is 18.2 Å². The molecule has 0 aliphatic rings. The molecule has 1 nitrogen and oxygen atoms in total. The van der Waals surface area contributed by atoms with Crippen molar-refractivity contribution >= 4 is 17.0 Å². The minimum absolute atomic E-state index is 0.168. The van der Waals surface area contributed by atoms with Crippen molar-refractivity contribution < 1.29 is 4.39 Å². The number of halogens is 1. The van der Waals surface area contributed by atoms with Gasteiger partial charge in [-0.25, -0.2) is 4.39 Å². The fraction of sp³-hybridized carbons (Fsp3) is 0.200. The molecule has 0 radical (unpaired) electrons. The molecule has 22 heavy (non-hydrogen) atoms. The molecule has 0 atom stereocenters. The van der Waals surface area contributed by atoms with Gasteiger partial charge in [-0.3, -0.25) is 0 Å². The fourth-order valence-corrected chi connectivity index (χ4v) is 3.12. The first-order chi connectivity index (χ1) is 10.6. The quantitative estimate of drug-likeness (QED) is 0.593. The normalized spacial score (nSPS) is 11.1. The largest absolute Gasteiger partial charge is 0.313 e. The van der Waals surface area contributed by atoms with Gasteiger partial charge in [0.15, 0.2) is 0 Å². The van der Waals surface area contributed by atoms with Gasteiger partial charge in [0, 0.05) is 22.3 Å². The van der Waals surface area contributed by atoms with Crippen LogP contribution in [0.3, 0.4) is 0 Å². The van der Waals surface area contributed by atoms with Crippen molar-refractivity contribution in [3.8, 4) is 5.69 Å². The van der Waals surface area contributed by atoms with Crippen LogP contribution in [-0.2, 0) is 6.42 Å². The smallest absolute Gasteiger partial charge is 0.126 e. The summed E-state index contributed by atoms with van der Waals surface area (Å²) >= 11 is 0. The first-order valence-corrected chi connectivity index (χ1v) is 7.59. The molecular weight excluding hydrogens is 273 g/mol. The zero-order valence-electron chi connectivity index (χ0n) is 13.3. The van der Waals surface area contributed by atoms with E-state index in [-0.39, 0.29) is 5.82 Å². The number of rotatable bonds is 3. The fourth-order valence-electron chi connectivity index (χ4n) is 3.12. The summed E-state index contributed by atoms with van der Waals surface area (Å²) in [4.78, 5) is 0. The third-order valence-corrected chi connectivity index (χ3v) is 4.20. The number of aryl methyl sites for hydroxylation is 2. The molecule has 0 saturated heterocycles. The lowest BCUT2D eigenvalue weighted by molar-refractivity contribution is 0.618. The second kappa shape index (κ2) is 5.45. The molecule has 0 aliphatic carbocycles. The Morgan fingerprint density at radius 1 is 1.14 bits per heavy atom. The van der Waals surface area contributed by atoms with E-state index in [0.29, 0.717) is 5.56 Å². The van der Waals surface area contributed by atoms with Gasteiger partial charge in [-0.1, -0.05) is 31.2 Å². The van der Waals surface area contributed by atoms with Gasteiger partial charge in [-0.2, -0.15) is 0 Å². The van der Waals surface area contributed by atoms with Gasteiger partial charge in [0.1, 0.15) is 5.82 Å². The van der Waals surface area contributed by atoms with Crippen LogP contribution in [0.1, 0.15) is 29.3 Å². The molecule has 3 rings (SSSR count). The molecule has 0 saturated carbocycles. The van der Waals surface area contributed by atoms with E-state index in [2.05, 4.69) is 43.2 Å². The summed E-state index contributed by atoms with van der Waals surface area (Å²) in [6, 6.07) is 11.7. The van der Waals surface area contributed by atoms with Crippen LogP contribution in [0.5, 0.6) is 0 Å². The first-order valence-electron chi connectivity index (χ1n) is 7.59. The summed E-state index contributed by atoms with van der Waals surface area (Å²) in [5.74, 6) is -0.168. The van der Waals surface area contributed by atoms with Crippen LogP contribution in [0.2, 0.25) is 0 Å². The zero-order valence-corrected chi connectivity index (χ0v) is 13.3. The van der Waals surface area contributed by atoms with Crippen LogP contribution < -0.4 is 0 Å².